The van der Waals surface area contributed by atoms with E-state index in [-0.39, 0.29) is 13.2 Å². The molecule has 0 saturated carbocycles. The van der Waals surface area contributed by atoms with E-state index in [2.05, 4.69) is 22.0 Å². The summed E-state index contributed by atoms with van der Waals surface area (Å²) in [6, 6.07) is 0. The van der Waals surface area contributed by atoms with Gasteiger partial charge < -0.3 is 10.2 Å². The molecule has 1 N–H and O–H groups in total. The molecule has 0 radical (unpaired) electrons. The summed E-state index contributed by atoms with van der Waals surface area (Å²) in [5, 5.41) is 2.98. The van der Waals surface area contributed by atoms with Crippen molar-refractivity contribution in [1.82, 2.24) is 10.2 Å². The first kappa shape index (κ1) is 14.7. The summed E-state index contributed by atoms with van der Waals surface area (Å²) < 4.78 is 38.6. The lowest BCUT2D eigenvalue weighted by atomic mass is 9.94. The number of rotatable bonds is 6. The van der Waals surface area contributed by atoms with E-state index in [1.807, 2.05) is 0 Å². The average molecular weight is 254 g/mol. The molecule has 0 aromatic rings. The molecule has 0 unspecified atom stereocenters. The summed E-state index contributed by atoms with van der Waals surface area (Å²) >= 11 is 0. The number of nitrogens with zero attached hydrogens (tertiary/aromatic N) is 1. The summed E-state index contributed by atoms with van der Waals surface area (Å²) in [7, 11) is 2.11. The van der Waals surface area contributed by atoms with Crippen LogP contribution in [0.3, 0.4) is 0 Å². The summed E-state index contributed by atoms with van der Waals surface area (Å²) in [6.07, 6.45) is -1.08. The summed E-state index contributed by atoms with van der Waals surface area (Å²) in [4.78, 5) is 2.31. The Kier molecular flexibility index (Phi) is 6.22. The first-order valence-corrected chi connectivity index (χ1v) is 6.07. The van der Waals surface area contributed by atoms with Crippen molar-refractivity contribution in [3.63, 3.8) is 0 Å². The molecule has 17 heavy (non-hydrogen) atoms. The van der Waals surface area contributed by atoms with Crippen LogP contribution in [0.5, 0.6) is 0 Å². The van der Waals surface area contributed by atoms with Gasteiger partial charge in [0.2, 0.25) is 0 Å². The van der Waals surface area contributed by atoms with Crippen molar-refractivity contribution < 1.29 is 17.9 Å². The van der Waals surface area contributed by atoms with Crippen LogP contribution in [0.15, 0.2) is 0 Å². The van der Waals surface area contributed by atoms with E-state index in [9.17, 15) is 13.2 Å². The molecule has 1 aliphatic heterocycles. The van der Waals surface area contributed by atoms with Gasteiger partial charge in [0.05, 0.1) is 6.61 Å². The first-order valence-electron chi connectivity index (χ1n) is 6.07. The maximum Gasteiger partial charge on any atom is 0.522 e. The molecule has 6 heteroatoms. The molecule has 1 saturated heterocycles. The molecule has 102 valence electrons. The number of alkyl halides is 3. The van der Waals surface area contributed by atoms with Crippen molar-refractivity contribution in [2.45, 2.75) is 25.6 Å². The molecule has 0 bridgehead atoms. The molecule has 1 rings (SSSR count). The number of hydrogen-bond acceptors (Lipinski definition) is 3. The molecule has 0 spiro atoms. The maximum absolute atomic E-state index is 11.6. The average Bonchev–Trinajstić information content (AvgIpc) is 2.24. The number of halogens is 3. The van der Waals surface area contributed by atoms with Crippen LogP contribution in [0.1, 0.15) is 19.3 Å². The van der Waals surface area contributed by atoms with Crippen molar-refractivity contribution in [3.05, 3.63) is 0 Å². The minimum absolute atomic E-state index is 0.256. The quantitative estimate of drug-likeness (QED) is 0.732. The molecule has 1 fully saturated rings. The van der Waals surface area contributed by atoms with Gasteiger partial charge in [0.1, 0.15) is 0 Å². The number of piperidine rings is 1. The van der Waals surface area contributed by atoms with Crippen LogP contribution in [0.4, 0.5) is 13.2 Å². The molecule has 1 heterocycles. The predicted molar refractivity (Wildman–Crippen MR) is 59.7 cm³/mol. The molecule has 0 amide bonds. The van der Waals surface area contributed by atoms with Crippen molar-refractivity contribution in [1.29, 1.82) is 0 Å². The van der Waals surface area contributed by atoms with Gasteiger partial charge in [-0.15, -0.1) is 13.2 Å². The molecular weight excluding hydrogens is 233 g/mol. The number of hydrogen-bond donors (Lipinski definition) is 1. The Morgan fingerprint density at radius 1 is 1.24 bits per heavy atom. The smallest absolute Gasteiger partial charge is 0.314 e. The largest absolute Gasteiger partial charge is 0.522 e. The summed E-state index contributed by atoms with van der Waals surface area (Å²) in [5.74, 6) is 0.710. The number of ether oxygens (including phenoxy) is 1. The van der Waals surface area contributed by atoms with E-state index in [1.165, 1.54) is 12.8 Å². The van der Waals surface area contributed by atoms with E-state index in [0.29, 0.717) is 5.92 Å². The van der Waals surface area contributed by atoms with Crippen molar-refractivity contribution in [3.8, 4) is 0 Å². The Bertz CT molecular complexity index is 203. The van der Waals surface area contributed by atoms with E-state index >= 15 is 0 Å². The molecular formula is C11H21F3N2O. The van der Waals surface area contributed by atoms with Crippen molar-refractivity contribution in [2.75, 3.05) is 39.8 Å². The lowest BCUT2D eigenvalue weighted by Gasteiger charge is -2.28. The normalized spacial score (nSPS) is 19.8. The third-order valence-electron chi connectivity index (χ3n) is 3.11. The lowest BCUT2D eigenvalue weighted by Crippen LogP contribution is -2.32. The fraction of sp³-hybridized carbons (Fsp3) is 1.00. The van der Waals surface area contributed by atoms with Crippen LogP contribution < -0.4 is 5.32 Å². The molecule has 0 aromatic carbocycles. The van der Waals surface area contributed by atoms with Crippen LogP contribution in [0.25, 0.3) is 0 Å². The number of likely N-dealkylation sites (tertiary alicyclic amines) is 1. The fourth-order valence-corrected chi connectivity index (χ4v) is 2.02. The topological polar surface area (TPSA) is 24.5 Å². The van der Waals surface area contributed by atoms with Crippen LogP contribution >= 0.6 is 0 Å². The van der Waals surface area contributed by atoms with E-state index in [1.54, 1.807) is 0 Å². The Morgan fingerprint density at radius 3 is 2.47 bits per heavy atom. The van der Waals surface area contributed by atoms with Crippen molar-refractivity contribution in [2.24, 2.45) is 5.92 Å². The summed E-state index contributed by atoms with van der Waals surface area (Å²) in [5.41, 5.74) is 0. The number of nitrogens with one attached hydrogen (secondary N) is 1. The zero-order chi connectivity index (χ0) is 12.7. The second-order valence-electron chi connectivity index (χ2n) is 4.58. The van der Waals surface area contributed by atoms with Crippen molar-refractivity contribution >= 4 is 0 Å². The second kappa shape index (κ2) is 7.18. The summed E-state index contributed by atoms with van der Waals surface area (Å²) in [6.45, 7) is 2.97. The van der Waals surface area contributed by atoms with Crippen LogP contribution in [-0.2, 0) is 4.74 Å². The van der Waals surface area contributed by atoms with Gasteiger partial charge in [-0.05, 0) is 51.9 Å². The Balaban J connectivity index is 1.91. The Labute approximate surface area is 100 Å². The van der Waals surface area contributed by atoms with Crippen LogP contribution in [-0.4, -0.2) is 51.1 Å². The van der Waals surface area contributed by atoms with Crippen LogP contribution in [0, 0.1) is 5.92 Å². The standard InChI is InChI=1S/C11H21F3N2O/c1-16-7-3-10(4-8-16)2-5-15-6-9-17-11(12,13)14/h10,15H,2-9H2,1H3. The molecule has 0 aromatic heterocycles. The first-order chi connectivity index (χ1) is 7.97. The fourth-order valence-electron chi connectivity index (χ4n) is 2.02. The Morgan fingerprint density at radius 2 is 1.88 bits per heavy atom. The molecule has 0 aliphatic carbocycles. The highest BCUT2D eigenvalue weighted by Gasteiger charge is 2.28. The minimum atomic E-state index is -4.50. The van der Waals surface area contributed by atoms with Gasteiger partial charge >= 0.3 is 6.36 Å². The lowest BCUT2D eigenvalue weighted by molar-refractivity contribution is -0.323. The highest BCUT2D eigenvalue weighted by atomic mass is 19.4. The third-order valence-corrected chi connectivity index (χ3v) is 3.11. The van der Waals surface area contributed by atoms with Gasteiger partial charge in [-0.25, -0.2) is 0 Å². The molecule has 0 atom stereocenters. The zero-order valence-electron chi connectivity index (χ0n) is 10.2. The van der Waals surface area contributed by atoms with Gasteiger partial charge in [-0.2, -0.15) is 0 Å². The molecule has 3 nitrogen and oxygen atoms in total. The minimum Gasteiger partial charge on any atom is -0.314 e. The zero-order valence-corrected chi connectivity index (χ0v) is 10.2. The van der Waals surface area contributed by atoms with Gasteiger partial charge in [0.25, 0.3) is 0 Å². The van der Waals surface area contributed by atoms with Crippen LogP contribution in [0.2, 0.25) is 0 Å². The van der Waals surface area contributed by atoms with E-state index in [4.69, 9.17) is 0 Å². The van der Waals surface area contributed by atoms with E-state index in [0.717, 1.165) is 26.1 Å². The predicted octanol–water partition coefficient (Wildman–Crippen LogP) is 1.84. The van der Waals surface area contributed by atoms with Gasteiger partial charge in [0, 0.05) is 6.54 Å². The monoisotopic (exact) mass is 254 g/mol. The van der Waals surface area contributed by atoms with E-state index < -0.39 is 6.36 Å². The third kappa shape index (κ3) is 7.57. The van der Waals surface area contributed by atoms with Gasteiger partial charge in [-0.3, -0.25) is 4.74 Å². The Hall–Kier alpha value is -0.330. The van der Waals surface area contributed by atoms with Gasteiger partial charge in [-0.1, -0.05) is 0 Å². The SMILES string of the molecule is CN1CCC(CCNCCOC(F)(F)F)CC1. The van der Waals surface area contributed by atoms with Gasteiger partial charge in [0.15, 0.2) is 0 Å². The molecule has 1 aliphatic rings. The highest BCUT2D eigenvalue weighted by molar-refractivity contribution is 4.70. The second-order valence-corrected chi connectivity index (χ2v) is 4.58. The highest BCUT2D eigenvalue weighted by Crippen LogP contribution is 2.18. The maximum atomic E-state index is 11.6.